The van der Waals surface area contributed by atoms with Crippen molar-refractivity contribution in [3.8, 4) is 0 Å². The second-order valence-corrected chi connectivity index (χ2v) is 3.40. The molecule has 5 heteroatoms. The predicted octanol–water partition coefficient (Wildman–Crippen LogP) is 2.21. The summed E-state index contributed by atoms with van der Waals surface area (Å²) in [5, 5.41) is 1.07. The Hall–Kier alpha value is -0.930. The summed E-state index contributed by atoms with van der Waals surface area (Å²) in [5.41, 5.74) is 11.8. The van der Waals surface area contributed by atoms with Crippen LogP contribution in [0.1, 0.15) is 5.56 Å². The molecular weight excluding hydrogens is 209 g/mol. The maximum Gasteiger partial charge on any atom is 0.191 e. The molecule has 0 aliphatic carbocycles. The van der Waals surface area contributed by atoms with Crippen LogP contribution in [-0.4, -0.2) is 5.96 Å². The van der Waals surface area contributed by atoms with Gasteiger partial charge < -0.3 is 11.5 Å². The molecule has 1 aromatic rings. The van der Waals surface area contributed by atoms with E-state index in [1.807, 2.05) is 6.92 Å². The average Bonchev–Trinajstić information content (AvgIpc) is 1.99. The summed E-state index contributed by atoms with van der Waals surface area (Å²) in [4.78, 5) is 3.82. The molecule has 0 aliphatic heterocycles. The monoisotopic (exact) mass is 217 g/mol. The van der Waals surface area contributed by atoms with Gasteiger partial charge in [-0.15, -0.1) is 0 Å². The second kappa shape index (κ2) is 3.85. The first-order valence-corrected chi connectivity index (χ1v) is 4.31. The molecule has 70 valence electrons. The third-order valence-corrected chi connectivity index (χ3v) is 2.19. The van der Waals surface area contributed by atoms with Crippen LogP contribution in [0, 0.1) is 6.92 Å². The molecule has 0 unspecified atom stereocenters. The minimum absolute atomic E-state index is 0.0400. The molecule has 0 fully saturated rings. The maximum absolute atomic E-state index is 5.87. The van der Waals surface area contributed by atoms with Crippen molar-refractivity contribution in [3.63, 3.8) is 0 Å². The highest BCUT2D eigenvalue weighted by Gasteiger charge is 2.03. The van der Waals surface area contributed by atoms with Crippen molar-refractivity contribution in [1.82, 2.24) is 0 Å². The SMILES string of the molecule is Cc1cc(Cl)c(N=C(N)N)cc1Cl. The van der Waals surface area contributed by atoms with Crippen LogP contribution in [0.25, 0.3) is 0 Å². The first-order chi connectivity index (χ1) is 6.00. The van der Waals surface area contributed by atoms with Crippen LogP contribution in [0.3, 0.4) is 0 Å². The molecule has 0 saturated heterocycles. The predicted molar refractivity (Wildman–Crippen MR) is 56.7 cm³/mol. The van der Waals surface area contributed by atoms with Gasteiger partial charge in [0.2, 0.25) is 0 Å². The summed E-state index contributed by atoms with van der Waals surface area (Å²) >= 11 is 11.7. The molecule has 0 bridgehead atoms. The van der Waals surface area contributed by atoms with Crippen molar-refractivity contribution >= 4 is 34.8 Å². The van der Waals surface area contributed by atoms with E-state index in [-0.39, 0.29) is 5.96 Å². The lowest BCUT2D eigenvalue weighted by Gasteiger charge is -2.02. The number of aryl methyl sites for hydroxylation is 1. The standard InChI is InChI=1S/C8H9Cl2N3/c1-4-2-6(10)7(3-5(4)9)13-8(11)12/h2-3H,1H3,(H4,11,12,13). The summed E-state index contributed by atoms with van der Waals surface area (Å²) < 4.78 is 0. The van der Waals surface area contributed by atoms with Crippen LogP contribution in [0.4, 0.5) is 5.69 Å². The lowest BCUT2D eigenvalue weighted by Crippen LogP contribution is -2.21. The molecule has 0 spiro atoms. The van der Waals surface area contributed by atoms with Gasteiger partial charge in [-0.2, -0.15) is 0 Å². The van der Waals surface area contributed by atoms with Crippen LogP contribution in [-0.2, 0) is 0 Å². The third-order valence-electron chi connectivity index (χ3n) is 1.48. The average molecular weight is 218 g/mol. The molecule has 4 N–H and O–H groups in total. The van der Waals surface area contributed by atoms with Crippen molar-refractivity contribution in [3.05, 3.63) is 27.7 Å². The molecule has 0 radical (unpaired) electrons. The van der Waals surface area contributed by atoms with Crippen LogP contribution < -0.4 is 11.5 Å². The van der Waals surface area contributed by atoms with Gasteiger partial charge in [-0.25, -0.2) is 4.99 Å². The van der Waals surface area contributed by atoms with E-state index in [1.54, 1.807) is 12.1 Å². The summed E-state index contributed by atoms with van der Waals surface area (Å²) in [6, 6.07) is 3.34. The molecule has 0 aromatic heterocycles. The topological polar surface area (TPSA) is 64.4 Å². The number of aliphatic imine (C=N–C) groups is 1. The van der Waals surface area contributed by atoms with Crippen LogP contribution in [0.5, 0.6) is 0 Å². The lowest BCUT2D eigenvalue weighted by molar-refractivity contribution is 1.39. The Kier molecular flexibility index (Phi) is 3.01. The van der Waals surface area contributed by atoms with E-state index in [0.717, 1.165) is 5.56 Å². The molecule has 0 aliphatic rings. The van der Waals surface area contributed by atoms with Crippen LogP contribution >= 0.6 is 23.2 Å². The highest BCUT2D eigenvalue weighted by molar-refractivity contribution is 6.35. The second-order valence-electron chi connectivity index (χ2n) is 2.59. The Morgan fingerprint density at radius 3 is 2.38 bits per heavy atom. The van der Waals surface area contributed by atoms with Gasteiger partial charge in [-0.1, -0.05) is 23.2 Å². The number of hydrogen-bond acceptors (Lipinski definition) is 1. The molecule has 3 nitrogen and oxygen atoms in total. The van der Waals surface area contributed by atoms with E-state index < -0.39 is 0 Å². The van der Waals surface area contributed by atoms with E-state index in [0.29, 0.717) is 15.7 Å². The van der Waals surface area contributed by atoms with Gasteiger partial charge in [0.05, 0.1) is 10.7 Å². The Balaban J connectivity index is 3.24. The Morgan fingerprint density at radius 1 is 1.23 bits per heavy atom. The van der Waals surface area contributed by atoms with E-state index in [4.69, 9.17) is 34.7 Å². The minimum atomic E-state index is -0.0400. The molecule has 13 heavy (non-hydrogen) atoms. The number of nitrogens with two attached hydrogens (primary N) is 2. The van der Waals surface area contributed by atoms with Gasteiger partial charge in [-0.05, 0) is 24.6 Å². The molecule has 0 amide bonds. The van der Waals surface area contributed by atoms with Gasteiger partial charge in [-0.3, -0.25) is 0 Å². The third kappa shape index (κ3) is 2.50. The zero-order chi connectivity index (χ0) is 10.0. The van der Waals surface area contributed by atoms with Gasteiger partial charge in [0, 0.05) is 5.02 Å². The number of hydrogen-bond donors (Lipinski definition) is 2. The van der Waals surface area contributed by atoms with E-state index in [2.05, 4.69) is 4.99 Å². The molecule has 1 aromatic carbocycles. The number of halogens is 2. The number of nitrogens with zero attached hydrogens (tertiary/aromatic N) is 1. The lowest BCUT2D eigenvalue weighted by atomic mass is 10.2. The van der Waals surface area contributed by atoms with Crippen molar-refractivity contribution in [1.29, 1.82) is 0 Å². The summed E-state index contributed by atoms with van der Waals surface area (Å²) in [7, 11) is 0. The van der Waals surface area contributed by atoms with Crippen LogP contribution in [0.2, 0.25) is 10.0 Å². The zero-order valence-corrected chi connectivity index (χ0v) is 8.52. The van der Waals surface area contributed by atoms with Gasteiger partial charge >= 0.3 is 0 Å². The molecular formula is C8H9Cl2N3. The van der Waals surface area contributed by atoms with Crippen LogP contribution in [0.15, 0.2) is 17.1 Å². The van der Waals surface area contributed by atoms with E-state index >= 15 is 0 Å². The normalized spacial score (nSPS) is 9.77. The zero-order valence-electron chi connectivity index (χ0n) is 7.01. The van der Waals surface area contributed by atoms with Gasteiger partial charge in [0.25, 0.3) is 0 Å². The number of benzene rings is 1. The first-order valence-electron chi connectivity index (χ1n) is 3.56. The van der Waals surface area contributed by atoms with Gasteiger partial charge in [0.1, 0.15) is 0 Å². The van der Waals surface area contributed by atoms with Crippen molar-refractivity contribution in [2.24, 2.45) is 16.5 Å². The fraction of sp³-hybridized carbons (Fsp3) is 0.125. The fourth-order valence-corrected chi connectivity index (χ4v) is 1.28. The Labute approximate surface area is 86.3 Å². The Bertz CT molecular complexity index is 357. The highest BCUT2D eigenvalue weighted by atomic mass is 35.5. The smallest absolute Gasteiger partial charge is 0.191 e. The summed E-state index contributed by atoms with van der Waals surface area (Å²) in [6.45, 7) is 1.85. The molecule has 0 heterocycles. The minimum Gasteiger partial charge on any atom is -0.370 e. The Morgan fingerprint density at radius 2 is 1.85 bits per heavy atom. The molecule has 1 rings (SSSR count). The maximum atomic E-state index is 5.87. The summed E-state index contributed by atoms with van der Waals surface area (Å²) in [5.74, 6) is -0.0400. The largest absolute Gasteiger partial charge is 0.370 e. The van der Waals surface area contributed by atoms with E-state index in [9.17, 15) is 0 Å². The van der Waals surface area contributed by atoms with E-state index in [1.165, 1.54) is 0 Å². The fourth-order valence-electron chi connectivity index (χ4n) is 0.861. The summed E-state index contributed by atoms with van der Waals surface area (Å²) in [6.07, 6.45) is 0. The molecule has 0 atom stereocenters. The van der Waals surface area contributed by atoms with Crippen molar-refractivity contribution in [2.45, 2.75) is 6.92 Å². The van der Waals surface area contributed by atoms with Gasteiger partial charge in [0.15, 0.2) is 5.96 Å². The quantitative estimate of drug-likeness (QED) is 0.560. The molecule has 0 saturated carbocycles. The highest BCUT2D eigenvalue weighted by Crippen LogP contribution is 2.30. The van der Waals surface area contributed by atoms with Crippen molar-refractivity contribution in [2.75, 3.05) is 0 Å². The van der Waals surface area contributed by atoms with Crippen molar-refractivity contribution < 1.29 is 0 Å². The first kappa shape index (κ1) is 10.2. The number of guanidine groups is 1. The number of rotatable bonds is 1.